The molecule has 0 heteroatoms. The van der Waals surface area contributed by atoms with Crippen molar-refractivity contribution < 1.29 is 0 Å². The molecule has 5 unspecified atom stereocenters. The predicted octanol–water partition coefficient (Wildman–Crippen LogP) is 10.1. The van der Waals surface area contributed by atoms with Gasteiger partial charge in [-0.2, -0.15) is 0 Å². The van der Waals surface area contributed by atoms with Crippen LogP contribution < -0.4 is 0 Å². The minimum atomic E-state index is 0.924. The van der Waals surface area contributed by atoms with Crippen molar-refractivity contribution in [2.24, 2.45) is 29.6 Å². The predicted molar refractivity (Wildman–Crippen MR) is 131 cm³/mol. The lowest BCUT2D eigenvalue weighted by Crippen LogP contribution is -2.07. The average Bonchev–Trinajstić information content (AvgIpc) is 3.11. The molecule has 0 aliphatic heterocycles. The van der Waals surface area contributed by atoms with Gasteiger partial charge in [0.25, 0.3) is 0 Å². The fraction of sp³-hybridized carbons (Fsp3) is 0.931. The molecular weight excluding hydrogens is 348 g/mol. The van der Waals surface area contributed by atoms with Crippen LogP contribution in [-0.2, 0) is 0 Å². The third kappa shape index (κ3) is 10.5. The molecule has 0 radical (unpaired) electrons. The minimum Gasteiger partial charge on any atom is -0.0885 e. The van der Waals surface area contributed by atoms with E-state index in [1.807, 2.05) is 0 Å². The normalized spacial score (nSPS) is 34.0. The second kappa shape index (κ2) is 15.5. The molecule has 29 heavy (non-hydrogen) atoms. The van der Waals surface area contributed by atoms with E-state index < -0.39 is 0 Å². The Kier molecular flexibility index (Phi) is 13.4. The second-order valence-corrected chi connectivity index (χ2v) is 10.9. The van der Waals surface area contributed by atoms with E-state index in [0.29, 0.717) is 0 Å². The monoisotopic (exact) mass is 402 g/mol. The first-order valence-corrected chi connectivity index (χ1v) is 13.9. The van der Waals surface area contributed by atoms with Crippen molar-refractivity contribution in [1.82, 2.24) is 0 Å². The van der Waals surface area contributed by atoms with Crippen LogP contribution >= 0.6 is 0 Å². The molecule has 0 saturated heterocycles. The zero-order valence-corrected chi connectivity index (χ0v) is 20.5. The van der Waals surface area contributed by atoms with Crippen molar-refractivity contribution in [3.63, 3.8) is 0 Å². The summed E-state index contributed by atoms with van der Waals surface area (Å²) in [6, 6.07) is 0. The van der Waals surface area contributed by atoms with Crippen LogP contribution in [0.1, 0.15) is 143 Å². The van der Waals surface area contributed by atoms with Gasteiger partial charge in [0.2, 0.25) is 0 Å². The second-order valence-electron chi connectivity index (χ2n) is 10.9. The Bertz CT molecular complexity index is 408. The summed E-state index contributed by atoms with van der Waals surface area (Å²) < 4.78 is 0. The van der Waals surface area contributed by atoms with Crippen LogP contribution in [0.15, 0.2) is 12.2 Å². The summed E-state index contributed by atoms with van der Waals surface area (Å²) in [6.45, 7) is 7.29. The van der Waals surface area contributed by atoms with Gasteiger partial charge < -0.3 is 0 Å². The van der Waals surface area contributed by atoms with Crippen LogP contribution in [0.3, 0.4) is 0 Å². The minimum absolute atomic E-state index is 0.924. The maximum atomic E-state index is 2.48. The molecule has 2 aliphatic carbocycles. The molecule has 0 bridgehead atoms. The summed E-state index contributed by atoms with van der Waals surface area (Å²) in [7, 11) is 0. The summed E-state index contributed by atoms with van der Waals surface area (Å²) in [5, 5.41) is 0. The summed E-state index contributed by atoms with van der Waals surface area (Å²) in [4.78, 5) is 0. The van der Waals surface area contributed by atoms with E-state index in [4.69, 9.17) is 0 Å². The van der Waals surface area contributed by atoms with Crippen molar-refractivity contribution >= 4 is 0 Å². The molecule has 0 amide bonds. The van der Waals surface area contributed by atoms with Crippen LogP contribution in [-0.4, -0.2) is 0 Å². The number of hydrogen-bond acceptors (Lipinski definition) is 0. The molecule has 0 aromatic heterocycles. The topological polar surface area (TPSA) is 0 Å². The lowest BCUT2D eigenvalue weighted by molar-refractivity contribution is 0.320. The number of rotatable bonds is 8. The number of hydrogen-bond donors (Lipinski definition) is 0. The maximum absolute atomic E-state index is 2.48. The fourth-order valence-electron chi connectivity index (χ4n) is 6.50. The van der Waals surface area contributed by atoms with Crippen molar-refractivity contribution in [2.75, 3.05) is 0 Å². The molecule has 5 atom stereocenters. The molecule has 1 saturated carbocycles. The maximum Gasteiger partial charge on any atom is -0.0348 e. The van der Waals surface area contributed by atoms with Crippen LogP contribution in [0.2, 0.25) is 0 Å². The van der Waals surface area contributed by atoms with Crippen LogP contribution in [0, 0.1) is 29.6 Å². The van der Waals surface area contributed by atoms with E-state index >= 15 is 0 Å². The zero-order chi connectivity index (χ0) is 20.7. The Hall–Kier alpha value is -0.260. The lowest BCUT2D eigenvalue weighted by atomic mass is 9.85. The molecule has 2 aliphatic rings. The van der Waals surface area contributed by atoms with Crippen LogP contribution in [0.5, 0.6) is 0 Å². The van der Waals surface area contributed by atoms with Crippen molar-refractivity contribution in [1.29, 1.82) is 0 Å². The summed E-state index contributed by atoms with van der Waals surface area (Å²) in [6.07, 6.45) is 32.7. The molecule has 0 heterocycles. The van der Waals surface area contributed by atoms with Crippen molar-refractivity contribution in [3.05, 3.63) is 12.2 Å². The zero-order valence-electron chi connectivity index (χ0n) is 20.5. The first-order chi connectivity index (χ1) is 14.2. The molecular formula is C29H54. The van der Waals surface area contributed by atoms with Gasteiger partial charge in [0.05, 0.1) is 0 Å². The molecule has 0 spiro atoms. The highest BCUT2D eigenvalue weighted by Crippen LogP contribution is 2.43. The van der Waals surface area contributed by atoms with E-state index in [1.165, 1.54) is 109 Å². The van der Waals surface area contributed by atoms with Crippen molar-refractivity contribution in [3.8, 4) is 0 Å². The van der Waals surface area contributed by atoms with Gasteiger partial charge in [-0.3, -0.25) is 0 Å². The highest BCUT2D eigenvalue weighted by Gasteiger charge is 2.31. The third-order valence-electron chi connectivity index (χ3n) is 8.38. The van der Waals surface area contributed by atoms with Gasteiger partial charge in [-0.25, -0.2) is 0 Å². The highest BCUT2D eigenvalue weighted by atomic mass is 14.4. The molecule has 0 nitrogen and oxygen atoms in total. The Balaban J connectivity index is 1.68. The Morgan fingerprint density at radius 1 is 0.655 bits per heavy atom. The van der Waals surface area contributed by atoms with Gasteiger partial charge in [-0.1, -0.05) is 116 Å². The van der Waals surface area contributed by atoms with E-state index in [-0.39, 0.29) is 0 Å². The Labute approximate surface area is 184 Å². The largest absolute Gasteiger partial charge is 0.0885 e. The molecule has 170 valence electrons. The van der Waals surface area contributed by atoms with Crippen LogP contribution in [0.4, 0.5) is 0 Å². The molecule has 0 N–H and O–H groups in total. The summed E-state index contributed by atoms with van der Waals surface area (Å²) in [5.74, 6) is 5.13. The van der Waals surface area contributed by atoms with Gasteiger partial charge in [-0.05, 0) is 68.1 Å². The van der Waals surface area contributed by atoms with Gasteiger partial charge in [0.15, 0.2) is 0 Å². The quantitative estimate of drug-likeness (QED) is 0.280. The van der Waals surface area contributed by atoms with E-state index in [0.717, 1.165) is 29.6 Å². The van der Waals surface area contributed by atoms with E-state index in [9.17, 15) is 0 Å². The Morgan fingerprint density at radius 3 is 2.24 bits per heavy atom. The first kappa shape index (κ1) is 25.0. The SMILES string of the molecule is CCCC1CC(CC)C(CCCCC2CCCCC/C=C\CCC(C)CCC2)C1. The van der Waals surface area contributed by atoms with Gasteiger partial charge in [0, 0.05) is 0 Å². The lowest BCUT2D eigenvalue weighted by Gasteiger charge is -2.20. The third-order valence-corrected chi connectivity index (χ3v) is 8.38. The summed E-state index contributed by atoms with van der Waals surface area (Å²) in [5.41, 5.74) is 0. The Morgan fingerprint density at radius 2 is 1.41 bits per heavy atom. The number of allylic oxidation sites excluding steroid dienone is 2. The van der Waals surface area contributed by atoms with Gasteiger partial charge in [-0.15, -0.1) is 0 Å². The standard InChI is InChI=1S/C29H54/c1-4-16-27-23-28(5-2)29(24-27)22-14-13-20-26-19-12-10-8-6-7-9-11-17-25(3)18-15-21-26/h7,9,25-29H,4-6,8,10-24H2,1-3H3/b9-7-. The molecule has 1 fully saturated rings. The van der Waals surface area contributed by atoms with Gasteiger partial charge in [0.1, 0.15) is 0 Å². The number of unbranched alkanes of at least 4 members (excludes halogenated alkanes) is 1. The average molecular weight is 403 g/mol. The van der Waals surface area contributed by atoms with Crippen molar-refractivity contribution in [2.45, 2.75) is 143 Å². The molecule has 0 aromatic rings. The molecule has 2 rings (SSSR count). The van der Waals surface area contributed by atoms with E-state index in [1.54, 1.807) is 12.8 Å². The summed E-state index contributed by atoms with van der Waals surface area (Å²) >= 11 is 0. The first-order valence-electron chi connectivity index (χ1n) is 13.9. The fourth-order valence-corrected chi connectivity index (χ4v) is 6.50. The van der Waals surface area contributed by atoms with Crippen LogP contribution in [0.25, 0.3) is 0 Å². The van der Waals surface area contributed by atoms with Gasteiger partial charge >= 0.3 is 0 Å². The smallest absolute Gasteiger partial charge is 0.0348 e. The highest BCUT2D eigenvalue weighted by molar-refractivity contribution is 4.83. The molecule has 0 aromatic carbocycles. The van der Waals surface area contributed by atoms with E-state index in [2.05, 4.69) is 32.9 Å².